The van der Waals surface area contributed by atoms with E-state index in [1.54, 1.807) is 0 Å². The molecule has 0 unspecified atom stereocenters. The van der Waals surface area contributed by atoms with Crippen molar-refractivity contribution >= 4 is 33.3 Å². The fourth-order valence-electron chi connectivity index (χ4n) is 6.78. The molecule has 0 spiro atoms. The molecule has 2 aromatic carbocycles. The highest BCUT2D eigenvalue weighted by Crippen LogP contribution is 2.49. The fraction of sp³-hybridized carbons (Fsp3) is 0.500. The highest BCUT2D eigenvalue weighted by molar-refractivity contribution is 7.92. The molecule has 0 heterocycles. The molecule has 10 nitrogen and oxygen atoms in total. The summed E-state index contributed by atoms with van der Waals surface area (Å²) in [5.41, 5.74) is -5.69. The maximum atomic E-state index is 14.9. The number of hydrogen-bond donors (Lipinski definition) is 3. The number of aliphatic carboxylic acids is 1. The Balaban J connectivity index is 1.32. The second kappa shape index (κ2) is 12.5. The number of hydrogen-bond acceptors (Lipinski definition) is 7. The Morgan fingerprint density at radius 2 is 1.64 bits per heavy atom. The van der Waals surface area contributed by atoms with Gasteiger partial charge >= 0.3 is 11.5 Å². The topological polar surface area (TPSA) is 148 Å². The van der Waals surface area contributed by atoms with E-state index in [1.807, 2.05) is 0 Å². The van der Waals surface area contributed by atoms with E-state index < -0.39 is 67.8 Å². The van der Waals surface area contributed by atoms with Gasteiger partial charge < -0.3 is 25.2 Å². The van der Waals surface area contributed by atoms with Crippen LogP contribution in [0.5, 0.6) is 11.5 Å². The molecular weight excluding hydrogens is 624 g/mol. The fourth-order valence-corrected chi connectivity index (χ4v) is 7.59. The summed E-state index contributed by atoms with van der Waals surface area (Å²) in [5, 5.41) is 14.6. The summed E-state index contributed by atoms with van der Waals surface area (Å²) >= 11 is 0. The van der Waals surface area contributed by atoms with Crippen molar-refractivity contribution in [1.29, 1.82) is 0 Å². The van der Waals surface area contributed by atoms with Gasteiger partial charge in [0.1, 0.15) is 5.75 Å². The summed E-state index contributed by atoms with van der Waals surface area (Å²) in [5.74, 6) is -4.61. The number of methoxy groups -OCH3 is 1. The third kappa shape index (κ3) is 6.58. The molecule has 2 amide bonds. The van der Waals surface area contributed by atoms with E-state index in [-0.39, 0.29) is 34.6 Å². The van der Waals surface area contributed by atoms with Crippen molar-refractivity contribution in [2.75, 3.05) is 12.4 Å². The van der Waals surface area contributed by atoms with Gasteiger partial charge in [-0.25, -0.2) is 12.8 Å². The number of carbonyl (C=O) groups is 3. The summed E-state index contributed by atoms with van der Waals surface area (Å²) in [6.45, 7) is 0. The van der Waals surface area contributed by atoms with Crippen molar-refractivity contribution in [2.45, 2.75) is 67.5 Å². The van der Waals surface area contributed by atoms with Gasteiger partial charge in [0.25, 0.3) is 15.7 Å². The van der Waals surface area contributed by atoms with E-state index >= 15 is 0 Å². The standard InChI is InChI=1S/C30H32F4N2O8S/c1-43-23-14-22(31)24(44-19-9-7-15(8-10-19)29(39)40)13-21(23)27(37)36-26-17-6-5-16(11-17)25(26)28(38)35-18-3-2-4-20(12-18)45(41,42)30(32,33)34/h2-4,12-17,19,25-26H,5-11H2,1H3,(H,35,38)(H,36,37)(H,39,40)/t15-,16-,17+,19+,25+,26-/m1/s1. The average molecular weight is 657 g/mol. The number of sulfone groups is 1. The van der Waals surface area contributed by atoms with Crippen molar-refractivity contribution in [3.8, 4) is 11.5 Å². The molecule has 45 heavy (non-hydrogen) atoms. The molecule has 0 aliphatic heterocycles. The van der Waals surface area contributed by atoms with Crippen molar-refractivity contribution in [3.05, 3.63) is 47.8 Å². The zero-order valence-corrected chi connectivity index (χ0v) is 24.9. The van der Waals surface area contributed by atoms with Crippen LogP contribution in [0, 0.1) is 29.5 Å². The first kappa shape index (κ1) is 32.5. The van der Waals surface area contributed by atoms with Gasteiger partial charge in [0.15, 0.2) is 11.6 Å². The van der Waals surface area contributed by atoms with Crippen LogP contribution in [0.3, 0.4) is 0 Å². The van der Waals surface area contributed by atoms with Crippen LogP contribution in [-0.4, -0.2) is 56.1 Å². The Kier molecular flexibility index (Phi) is 9.02. The molecule has 3 aliphatic rings. The quantitative estimate of drug-likeness (QED) is 0.322. The van der Waals surface area contributed by atoms with Crippen LogP contribution in [0.1, 0.15) is 55.3 Å². The number of carboxylic acids is 1. The molecule has 2 aromatic rings. The van der Waals surface area contributed by atoms with Crippen molar-refractivity contribution in [3.63, 3.8) is 0 Å². The lowest BCUT2D eigenvalue weighted by molar-refractivity contribution is -0.143. The SMILES string of the molecule is COc1cc(F)c(O[C@H]2CC[C@@H](C(=O)O)CC2)cc1C(=O)N[C@@H]1[C@H]2CC[C@H](C2)[C@@H]1C(=O)Nc1cccc(S(=O)(=O)C(F)(F)F)c1. The Bertz CT molecular complexity index is 1590. The highest BCUT2D eigenvalue weighted by atomic mass is 32.2. The van der Waals surface area contributed by atoms with Crippen molar-refractivity contribution < 1.29 is 54.9 Å². The smallest absolute Gasteiger partial charge is 0.496 e. The molecule has 3 aliphatic carbocycles. The van der Waals surface area contributed by atoms with Gasteiger partial charge in [-0.15, -0.1) is 0 Å². The monoisotopic (exact) mass is 656 g/mol. The van der Waals surface area contributed by atoms with Crippen LogP contribution < -0.4 is 20.1 Å². The number of carbonyl (C=O) groups excluding carboxylic acids is 2. The number of rotatable bonds is 9. The van der Waals surface area contributed by atoms with Crippen LogP contribution in [0.15, 0.2) is 41.3 Å². The lowest BCUT2D eigenvalue weighted by Gasteiger charge is -2.31. The number of halogens is 4. The zero-order chi connectivity index (χ0) is 32.7. The van der Waals surface area contributed by atoms with Crippen LogP contribution in [0.2, 0.25) is 0 Å². The summed E-state index contributed by atoms with van der Waals surface area (Å²) in [6.07, 6.45) is 3.16. The number of nitrogens with one attached hydrogen (secondary N) is 2. The first-order chi connectivity index (χ1) is 21.2. The first-order valence-corrected chi connectivity index (χ1v) is 16.0. The Labute approximate surface area is 256 Å². The maximum absolute atomic E-state index is 14.9. The summed E-state index contributed by atoms with van der Waals surface area (Å²) in [6, 6.07) is 5.44. The summed E-state index contributed by atoms with van der Waals surface area (Å²) in [7, 11) is -4.36. The number of carboxylic acid groups (broad SMARTS) is 1. The van der Waals surface area contributed by atoms with Crippen LogP contribution >= 0.6 is 0 Å². The van der Waals surface area contributed by atoms with Gasteiger partial charge in [-0.05, 0) is 81.0 Å². The lowest BCUT2D eigenvalue weighted by Crippen LogP contribution is -2.48. The van der Waals surface area contributed by atoms with E-state index in [9.17, 15) is 45.5 Å². The molecular formula is C30H32F4N2O8S. The third-order valence-corrected chi connectivity index (χ3v) is 10.5. The van der Waals surface area contributed by atoms with Crippen molar-refractivity contribution in [1.82, 2.24) is 5.32 Å². The minimum atomic E-state index is -5.63. The van der Waals surface area contributed by atoms with Gasteiger partial charge in [0.2, 0.25) is 5.91 Å². The van der Waals surface area contributed by atoms with Crippen LogP contribution in [0.25, 0.3) is 0 Å². The molecule has 15 heteroatoms. The molecule has 4 atom stereocenters. The lowest BCUT2D eigenvalue weighted by atomic mass is 9.83. The molecule has 3 fully saturated rings. The van der Waals surface area contributed by atoms with Crippen LogP contribution in [-0.2, 0) is 19.4 Å². The number of fused-ring (bicyclic) bond motifs is 2. The van der Waals surface area contributed by atoms with Gasteiger partial charge in [0, 0.05) is 17.8 Å². The van der Waals surface area contributed by atoms with E-state index in [0.717, 1.165) is 30.7 Å². The number of ether oxygens (including phenoxy) is 2. The molecule has 2 bridgehead atoms. The van der Waals surface area contributed by atoms with Gasteiger partial charge in [-0.3, -0.25) is 14.4 Å². The van der Waals surface area contributed by atoms with E-state index in [2.05, 4.69) is 10.6 Å². The average Bonchev–Trinajstić information content (AvgIpc) is 3.60. The largest absolute Gasteiger partial charge is 0.501 e. The summed E-state index contributed by atoms with van der Waals surface area (Å²) < 4.78 is 88.9. The number of alkyl halides is 3. The zero-order valence-electron chi connectivity index (χ0n) is 24.1. The molecule has 3 N–H and O–H groups in total. The van der Waals surface area contributed by atoms with E-state index in [0.29, 0.717) is 38.5 Å². The minimum Gasteiger partial charge on any atom is -0.496 e. The first-order valence-electron chi connectivity index (χ1n) is 14.5. The molecule has 5 rings (SSSR count). The molecule has 244 valence electrons. The second-order valence-corrected chi connectivity index (χ2v) is 13.7. The Morgan fingerprint density at radius 1 is 0.956 bits per heavy atom. The van der Waals surface area contributed by atoms with Gasteiger partial charge in [0.05, 0.1) is 35.5 Å². The molecule has 0 saturated heterocycles. The van der Waals surface area contributed by atoms with Gasteiger partial charge in [-0.2, -0.15) is 13.2 Å². The number of anilines is 1. The van der Waals surface area contributed by atoms with Gasteiger partial charge in [-0.1, -0.05) is 6.07 Å². The predicted octanol–water partition coefficient (Wildman–Crippen LogP) is 4.93. The Morgan fingerprint density at radius 3 is 2.29 bits per heavy atom. The van der Waals surface area contributed by atoms with Crippen molar-refractivity contribution in [2.24, 2.45) is 23.7 Å². The number of benzene rings is 2. The molecule has 3 saturated carbocycles. The third-order valence-electron chi connectivity index (χ3n) is 9.05. The number of amides is 2. The molecule has 0 aromatic heterocycles. The second-order valence-electron chi connectivity index (χ2n) is 11.7. The van der Waals surface area contributed by atoms with Crippen LogP contribution in [0.4, 0.5) is 23.2 Å². The van der Waals surface area contributed by atoms with E-state index in [1.165, 1.54) is 19.2 Å². The minimum absolute atomic E-state index is 0.0416. The molecule has 0 radical (unpaired) electrons. The Hall–Kier alpha value is -3.88. The van der Waals surface area contributed by atoms with E-state index in [4.69, 9.17) is 9.47 Å². The predicted molar refractivity (Wildman–Crippen MR) is 151 cm³/mol. The highest BCUT2D eigenvalue weighted by Gasteiger charge is 2.52. The normalized spacial score (nSPS) is 26.2. The maximum Gasteiger partial charge on any atom is 0.501 e. The summed E-state index contributed by atoms with van der Waals surface area (Å²) in [4.78, 5) is 37.2.